The highest BCUT2D eigenvalue weighted by Gasteiger charge is 2.45. The molecule has 146 valence electrons. The van der Waals surface area contributed by atoms with Crippen molar-refractivity contribution < 1.29 is 9.21 Å². The summed E-state index contributed by atoms with van der Waals surface area (Å²) in [6.45, 7) is 3.50. The molecule has 1 aliphatic carbocycles. The lowest BCUT2D eigenvalue weighted by molar-refractivity contribution is -0.133. The van der Waals surface area contributed by atoms with Gasteiger partial charge in [0.1, 0.15) is 17.4 Å². The number of piperidine rings is 1. The third kappa shape index (κ3) is 3.22. The van der Waals surface area contributed by atoms with Crippen molar-refractivity contribution in [1.29, 1.82) is 0 Å². The van der Waals surface area contributed by atoms with Crippen molar-refractivity contribution in [3.63, 3.8) is 0 Å². The molecule has 2 N–H and O–H groups in total. The lowest BCUT2D eigenvalue weighted by Crippen LogP contribution is -2.45. The first-order chi connectivity index (χ1) is 13.5. The number of carbonyl (C=O) groups excluding carboxylic acids is 1. The van der Waals surface area contributed by atoms with Crippen LogP contribution in [0.4, 0.5) is 6.01 Å². The van der Waals surface area contributed by atoms with E-state index in [1.165, 1.54) is 12.8 Å². The van der Waals surface area contributed by atoms with Crippen molar-refractivity contribution in [2.24, 2.45) is 5.41 Å². The second kappa shape index (κ2) is 6.48. The molecule has 0 radical (unpaired) electrons. The number of H-pyrrole nitrogens is 1. The Balaban J connectivity index is 1.25. The van der Waals surface area contributed by atoms with Gasteiger partial charge in [-0.1, -0.05) is 16.7 Å². The van der Waals surface area contributed by atoms with Gasteiger partial charge in [0.2, 0.25) is 5.91 Å². The molecular formula is C19H21ClN6O2. The third-order valence-electron chi connectivity index (χ3n) is 5.90. The number of aromatic nitrogens is 4. The van der Waals surface area contributed by atoms with Gasteiger partial charge in [0.25, 0.3) is 5.89 Å². The van der Waals surface area contributed by atoms with E-state index in [4.69, 9.17) is 16.0 Å². The van der Waals surface area contributed by atoms with Crippen LogP contribution in [0.1, 0.15) is 32.6 Å². The van der Waals surface area contributed by atoms with Crippen LogP contribution in [0.5, 0.6) is 0 Å². The van der Waals surface area contributed by atoms with Gasteiger partial charge in [-0.2, -0.15) is 0 Å². The molecule has 1 aliphatic heterocycles. The summed E-state index contributed by atoms with van der Waals surface area (Å²) in [4.78, 5) is 22.0. The Hall–Kier alpha value is -2.61. The van der Waals surface area contributed by atoms with E-state index in [1.54, 1.807) is 6.20 Å². The minimum absolute atomic E-state index is 0.0692. The molecule has 9 heteroatoms. The summed E-state index contributed by atoms with van der Waals surface area (Å²) >= 11 is 5.97. The quantitative estimate of drug-likeness (QED) is 0.695. The molecule has 3 aromatic heterocycles. The molecule has 0 bridgehead atoms. The Bertz CT molecular complexity index is 1030. The highest BCUT2D eigenvalue weighted by Crippen LogP contribution is 2.53. The van der Waals surface area contributed by atoms with E-state index in [2.05, 4.69) is 25.5 Å². The van der Waals surface area contributed by atoms with Gasteiger partial charge in [0.05, 0.1) is 5.02 Å². The molecule has 0 unspecified atom stereocenters. The summed E-state index contributed by atoms with van der Waals surface area (Å²) in [6.07, 6.45) is 6.46. The first kappa shape index (κ1) is 17.5. The number of halogens is 1. The van der Waals surface area contributed by atoms with Gasteiger partial charge in [-0.05, 0) is 50.2 Å². The van der Waals surface area contributed by atoms with Crippen molar-refractivity contribution in [1.82, 2.24) is 25.1 Å². The van der Waals surface area contributed by atoms with E-state index in [9.17, 15) is 4.79 Å². The van der Waals surface area contributed by atoms with Crippen molar-refractivity contribution in [2.45, 2.75) is 38.6 Å². The first-order valence-electron chi connectivity index (χ1n) is 9.55. The zero-order valence-electron chi connectivity index (χ0n) is 15.5. The van der Waals surface area contributed by atoms with Crippen LogP contribution in [0.25, 0.3) is 22.6 Å². The van der Waals surface area contributed by atoms with E-state index in [-0.39, 0.29) is 11.9 Å². The molecule has 2 aliphatic rings. The minimum atomic E-state index is -0.426. The molecule has 5 rings (SSSR count). The number of likely N-dealkylation sites (tertiary alicyclic amines) is 1. The largest absolute Gasteiger partial charge is 0.402 e. The first-order valence-corrected chi connectivity index (χ1v) is 9.93. The van der Waals surface area contributed by atoms with Crippen molar-refractivity contribution in [3.8, 4) is 11.6 Å². The maximum Gasteiger partial charge on any atom is 0.316 e. The summed E-state index contributed by atoms with van der Waals surface area (Å²) in [5.41, 5.74) is 1.89. The van der Waals surface area contributed by atoms with E-state index >= 15 is 0 Å². The van der Waals surface area contributed by atoms with Gasteiger partial charge < -0.3 is 19.6 Å². The van der Waals surface area contributed by atoms with Crippen LogP contribution in [0, 0.1) is 5.41 Å². The second-order valence-electron chi connectivity index (χ2n) is 7.88. The Kier molecular flexibility index (Phi) is 4.04. The molecule has 1 atom stereocenters. The molecule has 3 aromatic rings. The predicted molar refractivity (Wildman–Crippen MR) is 105 cm³/mol. The molecule has 1 saturated carbocycles. The number of anilines is 1. The van der Waals surface area contributed by atoms with Crippen molar-refractivity contribution >= 4 is 34.6 Å². The van der Waals surface area contributed by atoms with Gasteiger partial charge >= 0.3 is 6.01 Å². The maximum absolute atomic E-state index is 12.7. The van der Waals surface area contributed by atoms with E-state index < -0.39 is 6.04 Å². The molecule has 1 amide bonds. The van der Waals surface area contributed by atoms with Gasteiger partial charge in [0, 0.05) is 24.7 Å². The summed E-state index contributed by atoms with van der Waals surface area (Å²) in [7, 11) is 0. The molecular weight excluding hydrogens is 380 g/mol. The highest BCUT2D eigenvalue weighted by atomic mass is 35.5. The standard InChI is InChI=1S/C19H21ClN6O2/c1-11(17(27)26-6-4-19(2-3-19)5-7-26)22-18-25-24-16(28-18)14-9-12-8-13(20)10-21-15(12)23-14/h8-11H,2-7H2,1H3,(H,21,23)(H,22,25)/t11-/m0/s1. The van der Waals surface area contributed by atoms with Crippen molar-refractivity contribution in [3.05, 3.63) is 23.4 Å². The molecule has 0 aromatic carbocycles. The number of pyridine rings is 1. The van der Waals surface area contributed by atoms with Crippen molar-refractivity contribution in [2.75, 3.05) is 18.4 Å². The van der Waals surface area contributed by atoms with Crippen LogP contribution in [0.15, 0.2) is 22.7 Å². The monoisotopic (exact) mass is 400 g/mol. The fourth-order valence-corrected chi connectivity index (χ4v) is 4.06. The van der Waals surface area contributed by atoms with Crippen LogP contribution in [0.2, 0.25) is 5.02 Å². The smallest absolute Gasteiger partial charge is 0.316 e. The molecule has 2 fully saturated rings. The summed E-state index contributed by atoms with van der Waals surface area (Å²) in [6, 6.07) is 3.45. The molecule has 4 heterocycles. The maximum atomic E-state index is 12.7. The lowest BCUT2D eigenvalue weighted by Gasteiger charge is -2.33. The van der Waals surface area contributed by atoms with E-state index in [0.29, 0.717) is 27.7 Å². The average Bonchev–Trinajstić information content (AvgIpc) is 3.10. The number of hydrogen-bond acceptors (Lipinski definition) is 6. The van der Waals surface area contributed by atoms with Gasteiger partial charge in [-0.3, -0.25) is 4.79 Å². The number of hydrogen-bond donors (Lipinski definition) is 2. The van der Waals surface area contributed by atoms with E-state index in [1.807, 2.05) is 24.0 Å². The molecule has 28 heavy (non-hydrogen) atoms. The zero-order chi connectivity index (χ0) is 19.3. The number of carbonyl (C=O) groups is 1. The van der Waals surface area contributed by atoms with Crippen LogP contribution >= 0.6 is 11.6 Å². The fraction of sp³-hybridized carbons (Fsp3) is 0.474. The second-order valence-corrected chi connectivity index (χ2v) is 8.31. The molecule has 1 spiro atoms. The highest BCUT2D eigenvalue weighted by molar-refractivity contribution is 6.31. The number of fused-ring (bicyclic) bond motifs is 1. The molecule has 8 nitrogen and oxygen atoms in total. The zero-order valence-corrected chi connectivity index (χ0v) is 16.3. The summed E-state index contributed by atoms with van der Waals surface area (Å²) in [5, 5.41) is 12.5. The third-order valence-corrected chi connectivity index (χ3v) is 6.10. The van der Waals surface area contributed by atoms with Crippen LogP contribution < -0.4 is 5.32 Å². The van der Waals surface area contributed by atoms with E-state index in [0.717, 1.165) is 31.3 Å². The Morgan fingerprint density at radius 1 is 1.29 bits per heavy atom. The van der Waals surface area contributed by atoms with Crippen LogP contribution in [0.3, 0.4) is 0 Å². The number of amides is 1. The summed E-state index contributed by atoms with van der Waals surface area (Å²) in [5.74, 6) is 0.393. The topological polar surface area (TPSA) is 99.9 Å². The Morgan fingerprint density at radius 3 is 2.82 bits per heavy atom. The SMILES string of the molecule is C[C@H](Nc1nnc(-c2cc3cc(Cl)cnc3[nH]2)o1)C(=O)N1CCC2(CC1)CC2. The fourth-order valence-electron chi connectivity index (χ4n) is 3.89. The number of rotatable bonds is 4. The van der Waals surface area contributed by atoms with Crippen LogP contribution in [-0.2, 0) is 4.79 Å². The lowest BCUT2D eigenvalue weighted by atomic mass is 9.93. The number of nitrogens with zero attached hydrogens (tertiary/aromatic N) is 4. The number of aromatic amines is 1. The summed E-state index contributed by atoms with van der Waals surface area (Å²) < 4.78 is 5.68. The normalized spacial score (nSPS) is 19.1. The Labute approximate surface area is 166 Å². The van der Waals surface area contributed by atoms with Crippen LogP contribution in [-0.4, -0.2) is 50.1 Å². The Morgan fingerprint density at radius 2 is 2.07 bits per heavy atom. The number of nitrogens with one attached hydrogen (secondary N) is 2. The van der Waals surface area contributed by atoms with Gasteiger partial charge in [-0.25, -0.2) is 4.98 Å². The van der Waals surface area contributed by atoms with Gasteiger partial charge in [0.15, 0.2) is 0 Å². The van der Waals surface area contributed by atoms with Gasteiger partial charge in [-0.15, -0.1) is 5.10 Å². The minimum Gasteiger partial charge on any atom is -0.402 e. The molecule has 1 saturated heterocycles. The average molecular weight is 401 g/mol. The predicted octanol–water partition coefficient (Wildman–Crippen LogP) is 3.47.